The van der Waals surface area contributed by atoms with Crippen molar-refractivity contribution in [1.82, 2.24) is 4.90 Å². The topological polar surface area (TPSA) is 34.2 Å². The van der Waals surface area contributed by atoms with Crippen LogP contribution in [0.15, 0.2) is 24.3 Å². The van der Waals surface area contributed by atoms with E-state index in [1.165, 1.54) is 5.69 Å². The first kappa shape index (κ1) is 17.1. The van der Waals surface area contributed by atoms with Gasteiger partial charge in [-0.25, -0.2) is 0 Å². The van der Waals surface area contributed by atoms with Gasteiger partial charge in [0.05, 0.1) is 12.8 Å². The summed E-state index contributed by atoms with van der Waals surface area (Å²) in [6.45, 7) is 10.2. The summed E-state index contributed by atoms with van der Waals surface area (Å²) in [7, 11) is 1.73. The van der Waals surface area contributed by atoms with E-state index in [-0.39, 0.29) is 6.29 Å². The van der Waals surface area contributed by atoms with Crippen molar-refractivity contribution in [2.75, 3.05) is 57.9 Å². The van der Waals surface area contributed by atoms with Crippen LogP contribution in [-0.2, 0) is 9.47 Å². The minimum atomic E-state index is -0.118. The zero-order valence-corrected chi connectivity index (χ0v) is 14.0. The molecule has 0 unspecified atom stereocenters. The molecule has 22 heavy (non-hydrogen) atoms. The number of ether oxygens (including phenoxy) is 3. The largest absolute Gasteiger partial charge is 0.495 e. The van der Waals surface area contributed by atoms with E-state index in [2.05, 4.69) is 21.9 Å². The average molecular weight is 308 g/mol. The van der Waals surface area contributed by atoms with Crippen molar-refractivity contribution >= 4 is 5.69 Å². The smallest absolute Gasteiger partial charge is 0.170 e. The zero-order chi connectivity index (χ0) is 15.8. The van der Waals surface area contributed by atoms with Crippen LogP contribution in [0, 0.1) is 0 Å². The number of piperazine rings is 1. The summed E-state index contributed by atoms with van der Waals surface area (Å²) in [5.74, 6) is 0.942. The molecule has 0 saturated carbocycles. The molecule has 5 heteroatoms. The molecule has 1 fully saturated rings. The first-order valence-electron chi connectivity index (χ1n) is 8.12. The number of methoxy groups -OCH3 is 1. The number of para-hydroxylation sites is 2. The van der Waals surface area contributed by atoms with Crippen LogP contribution in [0.5, 0.6) is 5.75 Å². The van der Waals surface area contributed by atoms with Crippen LogP contribution in [-0.4, -0.2) is 64.2 Å². The summed E-state index contributed by atoms with van der Waals surface area (Å²) in [4.78, 5) is 4.79. The summed E-state index contributed by atoms with van der Waals surface area (Å²) in [5, 5.41) is 0. The Morgan fingerprint density at radius 2 is 1.64 bits per heavy atom. The van der Waals surface area contributed by atoms with Gasteiger partial charge in [-0.2, -0.15) is 0 Å². The van der Waals surface area contributed by atoms with E-state index >= 15 is 0 Å². The van der Waals surface area contributed by atoms with Crippen molar-refractivity contribution in [3.8, 4) is 5.75 Å². The maximum Gasteiger partial charge on any atom is 0.170 e. The normalized spacial score (nSPS) is 16.3. The quantitative estimate of drug-likeness (QED) is 0.688. The van der Waals surface area contributed by atoms with Gasteiger partial charge in [-0.3, -0.25) is 4.90 Å². The number of hydrogen-bond donors (Lipinski definition) is 0. The Morgan fingerprint density at radius 1 is 1.00 bits per heavy atom. The van der Waals surface area contributed by atoms with E-state index in [1.807, 2.05) is 26.0 Å². The van der Waals surface area contributed by atoms with E-state index in [0.717, 1.165) is 38.5 Å². The fourth-order valence-corrected chi connectivity index (χ4v) is 2.80. The van der Waals surface area contributed by atoms with E-state index in [4.69, 9.17) is 14.2 Å². The second-order valence-corrected chi connectivity index (χ2v) is 5.30. The van der Waals surface area contributed by atoms with Crippen molar-refractivity contribution in [1.29, 1.82) is 0 Å². The highest BCUT2D eigenvalue weighted by molar-refractivity contribution is 5.58. The third-order valence-corrected chi connectivity index (χ3v) is 3.91. The molecule has 0 spiro atoms. The van der Waals surface area contributed by atoms with Gasteiger partial charge >= 0.3 is 0 Å². The Morgan fingerprint density at radius 3 is 2.23 bits per heavy atom. The molecule has 1 aromatic carbocycles. The maximum atomic E-state index is 5.64. The van der Waals surface area contributed by atoms with Crippen molar-refractivity contribution in [2.45, 2.75) is 20.1 Å². The monoisotopic (exact) mass is 308 g/mol. The Kier molecular flexibility index (Phi) is 6.96. The Bertz CT molecular complexity index is 428. The molecule has 0 bridgehead atoms. The summed E-state index contributed by atoms with van der Waals surface area (Å²) in [6, 6.07) is 8.21. The van der Waals surface area contributed by atoms with E-state index < -0.39 is 0 Å². The Balaban J connectivity index is 1.87. The van der Waals surface area contributed by atoms with E-state index in [1.54, 1.807) is 7.11 Å². The minimum absolute atomic E-state index is 0.118. The molecule has 0 aromatic heterocycles. The number of nitrogens with zero attached hydrogens (tertiary/aromatic N) is 2. The fourth-order valence-electron chi connectivity index (χ4n) is 2.80. The van der Waals surface area contributed by atoms with Gasteiger partial charge in [-0.1, -0.05) is 12.1 Å². The molecule has 1 heterocycles. The van der Waals surface area contributed by atoms with Gasteiger partial charge in [-0.15, -0.1) is 0 Å². The van der Waals surface area contributed by atoms with Crippen molar-refractivity contribution in [2.24, 2.45) is 0 Å². The summed E-state index contributed by atoms with van der Waals surface area (Å²) >= 11 is 0. The van der Waals surface area contributed by atoms with Gasteiger partial charge in [0, 0.05) is 45.9 Å². The first-order chi connectivity index (χ1) is 10.8. The molecule has 0 N–H and O–H groups in total. The molecule has 0 radical (unpaired) electrons. The summed E-state index contributed by atoms with van der Waals surface area (Å²) in [6.07, 6.45) is -0.118. The zero-order valence-electron chi connectivity index (χ0n) is 14.0. The molecule has 2 rings (SSSR count). The van der Waals surface area contributed by atoms with Gasteiger partial charge in [0.25, 0.3) is 0 Å². The molecule has 1 aliphatic rings. The fraction of sp³-hybridized carbons (Fsp3) is 0.647. The standard InChI is InChI=1S/C17H28N2O3/c1-4-21-17(22-5-2)14-18-10-12-19(13-11-18)15-8-6-7-9-16(15)20-3/h6-9,17H,4-5,10-14H2,1-3H3. The van der Waals surface area contributed by atoms with E-state index in [0.29, 0.717) is 13.2 Å². The van der Waals surface area contributed by atoms with Gasteiger partial charge in [-0.05, 0) is 26.0 Å². The lowest BCUT2D eigenvalue weighted by Gasteiger charge is -2.37. The van der Waals surface area contributed by atoms with E-state index in [9.17, 15) is 0 Å². The van der Waals surface area contributed by atoms with Crippen LogP contribution >= 0.6 is 0 Å². The van der Waals surface area contributed by atoms with Crippen LogP contribution in [0.3, 0.4) is 0 Å². The molecule has 5 nitrogen and oxygen atoms in total. The minimum Gasteiger partial charge on any atom is -0.495 e. The van der Waals surface area contributed by atoms with Crippen molar-refractivity contribution in [3.63, 3.8) is 0 Å². The SMILES string of the molecule is CCOC(CN1CCN(c2ccccc2OC)CC1)OCC. The highest BCUT2D eigenvalue weighted by Crippen LogP contribution is 2.28. The van der Waals surface area contributed by atoms with Gasteiger partial charge in [0.15, 0.2) is 6.29 Å². The lowest BCUT2D eigenvalue weighted by molar-refractivity contribution is -0.147. The number of anilines is 1. The number of hydrogen-bond acceptors (Lipinski definition) is 5. The highest BCUT2D eigenvalue weighted by atomic mass is 16.7. The average Bonchev–Trinajstić information content (AvgIpc) is 2.56. The molecule has 0 amide bonds. The third-order valence-electron chi connectivity index (χ3n) is 3.91. The molecule has 0 aliphatic carbocycles. The van der Waals surface area contributed by atoms with Crippen molar-refractivity contribution < 1.29 is 14.2 Å². The molecule has 1 saturated heterocycles. The second-order valence-electron chi connectivity index (χ2n) is 5.30. The molecule has 1 aromatic rings. The summed E-state index contributed by atoms with van der Waals surface area (Å²) < 4.78 is 16.7. The van der Waals surface area contributed by atoms with Gasteiger partial charge in [0.2, 0.25) is 0 Å². The molecule has 124 valence electrons. The van der Waals surface area contributed by atoms with Crippen LogP contribution in [0.25, 0.3) is 0 Å². The highest BCUT2D eigenvalue weighted by Gasteiger charge is 2.22. The lowest BCUT2D eigenvalue weighted by Crippen LogP contribution is -2.49. The predicted molar refractivity (Wildman–Crippen MR) is 88.7 cm³/mol. The molecule has 1 aliphatic heterocycles. The van der Waals surface area contributed by atoms with Gasteiger partial charge < -0.3 is 19.1 Å². The Labute approximate surface area is 133 Å². The number of rotatable bonds is 8. The predicted octanol–water partition coefficient (Wildman–Crippen LogP) is 2.22. The van der Waals surface area contributed by atoms with Crippen LogP contribution in [0.4, 0.5) is 5.69 Å². The summed E-state index contributed by atoms with van der Waals surface area (Å²) in [5.41, 5.74) is 1.18. The Hall–Kier alpha value is -1.30. The first-order valence-corrected chi connectivity index (χ1v) is 8.12. The molecular formula is C17H28N2O3. The second kappa shape index (κ2) is 8.98. The van der Waals surface area contributed by atoms with Crippen LogP contribution in [0.2, 0.25) is 0 Å². The molecular weight excluding hydrogens is 280 g/mol. The lowest BCUT2D eigenvalue weighted by atomic mass is 10.2. The molecule has 0 atom stereocenters. The van der Waals surface area contributed by atoms with Crippen molar-refractivity contribution in [3.05, 3.63) is 24.3 Å². The van der Waals surface area contributed by atoms with Gasteiger partial charge in [0.1, 0.15) is 5.75 Å². The third kappa shape index (κ3) is 4.60. The number of benzene rings is 1. The van der Waals surface area contributed by atoms with Crippen LogP contribution in [0.1, 0.15) is 13.8 Å². The maximum absolute atomic E-state index is 5.64. The van der Waals surface area contributed by atoms with Crippen LogP contribution < -0.4 is 9.64 Å².